The lowest BCUT2D eigenvalue weighted by atomic mass is 10.1. The molecular weight excluding hydrogens is 253 g/mol. The van der Waals surface area contributed by atoms with Gasteiger partial charge in [-0.3, -0.25) is 0 Å². The van der Waals surface area contributed by atoms with E-state index >= 15 is 0 Å². The molecule has 2 aromatic carbocycles. The normalized spacial score (nSPS) is 13.8. The number of ether oxygens (including phenoxy) is 1. The molecule has 0 aliphatic carbocycles. The van der Waals surface area contributed by atoms with Gasteiger partial charge >= 0.3 is 0 Å². The summed E-state index contributed by atoms with van der Waals surface area (Å²) in [6, 6.07) is 14.9. The first-order valence-corrected chi connectivity index (χ1v) is 6.80. The summed E-state index contributed by atoms with van der Waals surface area (Å²) in [4.78, 5) is 0. The van der Waals surface area contributed by atoms with E-state index in [1.54, 1.807) is 6.07 Å². The fourth-order valence-corrected chi connectivity index (χ4v) is 2.08. The summed E-state index contributed by atoms with van der Waals surface area (Å²) < 4.78 is 19.8. The first-order valence-electron chi connectivity index (χ1n) is 6.80. The number of halogens is 1. The van der Waals surface area contributed by atoms with Crippen molar-refractivity contribution in [3.8, 4) is 5.75 Å². The van der Waals surface area contributed by atoms with Gasteiger partial charge in [-0.05, 0) is 32.5 Å². The Morgan fingerprint density at radius 3 is 2.35 bits per heavy atom. The molecule has 2 aromatic rings. The SMILES string of the molecule is CNC(C)c1ccc(OC(C)c2ccccc2)cc1F. The molecule has 0 amide bonds. The van der Waals surface area contributed by atoms with Gasteiger partial charge in [0, 0.05) is 17.7 Å². The van der Waals surface area contributed by atoms with Crippen LogP contribution >= 0.6 is 0 Å². The average Bonchev–Trinajstić information content (AvgIpc) is 2.47. The summed E-state index contributed by atoms with van der Waals surface area (Å²) in [6.45, 7) is 3.88. The molecule has 20 heavy (non-hydrogen) atoms. The Morgan fingerprint density at radius 1 is 1.05 bits per heavy atom. The second-order valence-corrected chi connectivity index (χ2v) is 4.86. The molecule has 2 atom stereocenters. The van der Waals surface area contributed by atoms with Gasteiger partial charge in [0.15, 0.2) is 0 Å². The zero-order valence-electron chi connectivity index (χ0n) is 12.1. The largest absolute Gasteiger partial charge is 0.486 e. The maximum Gasteiger partial charge on any atom is 0.131 e. The van der Waals surface area contributed by atoms with Crippen molar-refractivity contribution in [2.24, 2.45) is 0 Å². The van der Waals surface area contributed by atoms with E-state index in [1.807, 2.05) is 57.3 Å². The number of benzene rings is 2. The van der Waals surface area contributed by atoms with Crippen LogP contribution in [0.5, 0.6) is 5.75 Å². The summed E-state index contributed by atoms with van der Waals surface area (Å²) in [6.07, 6.45) is -0.108. The minimum absolute atomic E-state index is 0.0180. The molecule has 2 nitrogen and oxygen atoms in total. The van der Waals surface area contributed by atoms with Crippen LogP contribution in [0, 0.1) is 5.82 Å². The van der Waals surface area contributed by atoms with Crippen LogP contribution in [-0.2, 0) is 0 Å². The van der Waals surface area contributed by atoms with Crippen LogP contribution in [-0.4, -0.2) is 7.05 Å². The highest BCUT2D eigenvalue weighted by Gasteiger charge is 2.12. The summed E-state index contributed by atoms with van der Waals surface area (Å²) in [5.41, 5.74) is 1.72. The average molecular weight is 273 g/mol. The van der Waals surface area contributed by atoms with E-state index < -0.39 is 0 Å². The van der Waals surface area contributed by atoms with Gasteiger partial charge in [-0.15, -0.1) is 0 Å². The maximum atomic E-state index is 14.0. The van der Waals surface area contributed by atoms with Gasteiger partial charge in [0.05, 0.1) is 0 Å². The molecule has 0 bridgehead atoms. The zero-order valence-corrected chi connectivity index (χ0v) is 12.1. The number of hydrogen-bond acceptors (Lipinski definition) is 2. The Hall–Kier alpha value is -1.87. The lowest BCUT2D eigenvalue weighted by Crippen LogP contribution is -2.14. The lowest BCUT2D eigenvalue weighted by molar-refractivity contribution is 0.226. The topological polar surface area (TPSA) is 21.3 Å². The molecule has 0 saturated carbocycles. The van der Waals surface area contributed by atoms with Gasteiger partial charge < -0.3 is 10.1 Å². The fourth-order valence-electron chi connectivity index (χ4n) is 2.08. The van der Waals surface area contributed by atoms with E-state index in [1.165, 1.54) is 6.07 Å². The molecule has 0 aromatic heterocycles. The van der Waals surface area contributed by atoms with Crippen molar-refractivity contribution in [3.63, 3.8) is 0 Å². The van der Waals surface area contributed by atoms with E-state index in [0.717, 1.165) is 5.56 Å². The lowest BCUT2D eigenvalue weighted by Gasteiger charge is -2.17. The van der Waals surface area contributed by atoms with Crippen molar-refractivity contribution in [2.75, 3.05) is 7.05 Å². The van der Waals surface area contributed by atoms with E-state index in [4.69, 9.17) is 4.74 Å². The van der Waals surface area contributed by atoms with Crippen molar-refractivity contribution >= 4 is 0 Å². The first kappa shape index (κ1) is 14.5. The predicted octanol–water partition coefficient (Wildman–Crippen LogP) is 4.25. The van der Waals surface area contributed by atoms with Gasteiger partial charge in [0.25, 0.3) is 0 Å². The molecule has 0 radical (unpaired) electrons. The molecule has 0 fully saturated rings. The van der Waals surface area contributed by atoms with Gasteiger partial charge in [0.1, 0.15) is 17.7 Å². The third-order valence-corrected chi connectivity index (χ3v) is 3.45. The quantitative estimate of drug-likeness (QED) is 0.879. The van der Waals surface area contributed by atoms with Crippen molar-refractivity contribution in [1.82, 2.24) is 5.32 Å². The molecular formula is C17H20FNO. The summed E-state index contributed by atoms with van der Waals surface area (Å²) in [5, 5.41) is 3.03. The summed E-state index contributed by atoms with van der Waals surface area (Å²) >= 11 is 0. The van der Waals surface area contributed by atoms with Crippen molar-refractivity contribution < 1.29 is 9.13 Å². The zero-order chi connectivity index (χ0) is 14.5. The van der Waals surface area contributed by atoms with Gasteiger partial charge in [-0.25, -0.2) is 4.39 Å². The molecule has 0 saturated heterocycles. The van der Waals surface area contributed by atoms with E-state index in [-0.39, 0.29) is 18.0 Å². The molecule has 0 heterocycles. The van der Waals surface area contributed by atoms with Crippen molar-refractivity contribution in [2.45, 2.75) is 26.0 Å². The van der Waals surface area contributed by atoms with E-state index in [0.29, 0.717) is 11.3 Å². The van der Waals surface area contributed by atoms with Crippen LogP contribution in [0.4, 0.5) is 4.39 Å². The number of rotatable bonds is 5. The van der Waals surface area contributed by atoms with E-state index in [2.05, 4.69) is 5.32 Å². The monoisotopic (exact) mass is 273 g/mol. The Labute approximate surface area is 119 Å². The van der Waals surface area contributed by atoms with Crippen LogP contribution in [0.2, 0.25) is 0 Å². The molecule has 0 spiro atoms. The van der Waals surface area contributed by atoms with E-state index in [9.17, 15) is 4.39 Å². The van der Waals surface area contributed by atoms with Gasteiger partial charge in [-0.2, -0.15) is 0 Å². The number of hydrogen-bond donors (Lipinski definition) is 1. The molecule has 1 N–H and O–H groups in total. The summed E-state index contributed by atoms with van der Waals surface area (Å²) in [5.74, 6) is 0.301. The highest BCUT2D eigenvalue weighted by Crippen LogP contribution is 2.25. The fraction of sp³-hybridized carbons (Fsp3) is 0.294. The highest BCUT2D eigenvalue weighted by atomic mass is 19.1. The van der Waals surface area contributed by atoms with Crippen LogP contribution in [0.25, 0.3) is 0 Å². The third kappa shape index (κ3) is 3.36. The molecule has 106 valence electrons. The Bertz CT molecular complexity index is 556. The smallest absolute Gasteiger partial charge is 0.131 e. The standard InChI is InChI=1S/C17H20FNO/c1-12(19-3)16-10-9-15(11-17(16)18)20-13(2)14-7-5-4-6-8-14/h4-13,19H,1-3H3. The minimum Gasteiger partial charge on any atom is -0.486 e. The molecule has 3 heteroatoms. The van der Waals surface area contributed by atoms with Crippen LogP contribution in [0.1, 0.15) is 37.1 Å². The predicted molar refractivity (Wildman–Crippen MR) is 79.4 cm³/mol. The van der Waals surface area contributed by atoms with Crippen molar-refractivity contribution in [3.05, 3.63) is 65.5 Å². The second-order valence-electron chi connectivity index (χ2n) is 4.86. The molecule has 0 aliphatic rings. The van der Waals surface area contributed by atoms with Crippen LogP contribution < -0.4 is 10.1 Å². The molecule has 0 aliphatic heterocycles. The Balaban J connectivity index is 2.13. The number of nitrogens with one attached hydrogen (secondary N) is 1. The highest BCUT2D eigenvalue weighted by molar-refractivity contribution is 5.31. The minimum atomic E-state index is -0.246. The molecule has 2 unspecified atom stereocenters. The third-order valence-electron chi connectivity index (χ3n) is 3.45. The van der Waals surface area contributed by atoms with Crippen molar-refractivity contribution in [1.29, 1.82) is 0 Å². The van der Waals surface area contributed by atoms with Gasteiger partial charge in [-0.1, -0.05) is 36.4 Å². The summed E-state index contributed by atoms with van der Waals surface area (Å²) in [7, 11) is 1.81. The maximum absolute atomic E-state index is 14.0. The van der Waals surface area contributed by atoms with Crippen LogP contribution in [0.15, 0.2) is 48.5 Å². The van der Waals surface area contributed by atoms with Crippen LogP contribution in [0.3, 0.4) is 0 Å². The van der Waals surface area contributed by atoms with Gasteiger partial charge in [0.2, 0.25) is 0 Å². The first-order chi connectivity index (χ1) is 9.61. The second kappa shape index (κ2) is 6.53. The molecule has 2 rings (SSSR count). The Morgan fingerprint density at radius 2 is 1.75 bits per heavy atom. The Kier molecular flexibility index (Phi) is 4.74.